The Morgan fingerprint density at radius 2 is 1.74 bits per heavy atom. The van der Waals surface area contributed by atoms with Gasteiger partial charge in [-0.1, -0.05) is 54.6 Å². The Morgan fingerprint density at radius 3 is 2.37 bits per heavy atom. The van der Waals surface area contributed by atoms with Gasteiger partial charge in [-0.15, -0.1) is 0 Å². The number of rotatable bonds is 6. The van der Waals surface area contributed by atoms with Gasteiger partial charge in [0.2, 0.25) is 0 Å². The molecule has 2 amide bonds. The van der Waals surface area contributed by atoms with Gasteiger partial charge in [0.25, 0.3) is 5.91 Å². The van der Waals surface area contributed by atoms with Crippen LogP contribution in [-0.2, 0) is 16.6 Å². The highest BCUT2D eigenvalue weighted by atomic mass is 16.5. The number of hydrogen-bond donors (Lipinski definition) is 3. The number of carboxylic acids is 1. The predicted molar refractivity (Wildman–Crippen MR) is 128 cm³/mol. The van der Waals surface area contributed by atoms with Crippen molar-refractivity contribution in [3.63, 3.8) is 0 Å². The molecule has 0 spiro atoms. The van der Waals surface area contributed by atoms with Crippen LogP contribution in [0.3, 0.4) is 0 Å². The van der Waals surface area contributed by atoms with Crippen molar-refractivity contribution < 1.29 is 24.2 Å². The Morgan fingerprint density at radius 1 is 1.09 bits per heavy atom. The van der Waals surface area contributed by atoms with Crippen LogP contribution >= 0.6 is 0 Å². The summed E-state index contributed by atoms with van der Waals surface area (Å²) in [5.74, 6) is -1.17. The minimum atomic E-state index is -0.978. The molecule has 0 saturated heterocycles. The van der Waals surface area contributed by atoms with Gasteiger partial charge in [0.15, 0.2) is 5.69 Å². The smallest absolute Gasteiger partial charge is 0.412 e. The largest absolute Gasteiger partial charge is 0.478 e. The van der Waals surface area contributed by atoms with Crippen LogP contribution in [0.4, 0.5) is 10.6 Å². The van der Waals surface area contributed by atoms with E-state index in [0.29, 0.717) is 12.2 Å². The monoisotopic (exact) mass is 472 g/mol. The van der Waals surface area contributed by atoms with Crippen LogP contribution in [0.15, 0.2) is 66.2 Å². The molecule has 3 aromatic rings. The molecule has 0 bridgehead atoms. The minimum Gasteiger partial charge on any atom is -0.478 e. The fourth-order valence-electron chi connectivity index (χ4n) is 4.69. The van der Waals surface area contributed by atoms with Gasteiger partial charge in [0, 0.05) is 30.6 Å². The van der Waals surface area contributed by atoms with Crippen molar-refractivity contribution in [1.82, 2.24) is 15.1 Å². The van der Waals surface area contributed by atoms with E-state index in [9.17, 15) is 14.4 Å². The van der Waals surface area contributed by atoms with Crippen molar-refractivity contribution in [2.75, 3.05) is 11.9 Å². The third-order valence-electron chi connectivity index (χ3n) is 6.41. The molecule has 1 aromatic heterocycles. The van der Waals surface area contributed by atoms with E-state index in [2.05, 4.69) is 27.9 Å². The second-order valence-electron chi connectivity index (χ2n) is 8.63. The fourth-order valence-corrected chi connectivity index (χ4v) is 4.69. The van der Waals surface area contributed by atoms with Crippen LogP contribution in [0.25, 0.3) is 11.1 Å². The first-order valence-electron chi connectivity index (χ1n) is 11.3. The summed E-state index contributed by atoms with van der Waals surface area (Å²) in [5.41, 5.74) is 4.93. The third kappa shape index (κ3) is 4.40. The molecule has 2 aliphatic carbocycles. The molecule has 3 N–H and O–H groups in total. The van der Waals surface area contributed by atoms with E-state index >= 15 is 0 Å². The summed E-state index contributed by atoms with van der Waals surface area (Å²) in [7, 11) is 1.61. The lowest BCUT2D eigenvalue weighted by atomic mass is 9.98. The Hall–Kier alpha value is -4.40. The topological polar surface area (TPSA) is 123 Å². The number of fused-ring (bicyclic) bond motifs is 3. The normalized spacial score (nSPS) is 16.3. The predicted octanol–water partition coefficient (Wildman–Crippen LogP) is 3.68. The first-order chi connectivity index (χ1) is 16.9. The lowest BCUT2D eigenvalue weighted by molar-refractivity contribution is -0.132. The number of carbonyl (C=O) groups excluding carboxylic acids is 2. The first-order valence-corrected chi connectivity index (χ1v) is 11.3. The summed E-state index contributed by atoms with van der Waals surface area (Å²) in [6, 6.07) is 17.3. The number of aromatic nitrogens is 2. The molecular weight excluding hydrogens is 448 g/mol. The molecule has 0 fully saturated rings. The number of aryl methyl sites for hydroxylation is 1. The summed E-state index contributed by atoms with van der Waals surface area (Å²) < 4.78 is 6.94. The molecule has 2 aliphatic rings. The number of carboxylic acid groups (broad SMARTS) is 1. The summed E-state index contributed by atoms with van der Waals surface area (Å²) in [4.78, 5) is 36.2. The van der Waals surface area contributed by atoms with E-state index < -0.39 is 18.0 Å². The van der Waals surface area contributed by atoms with E-state index in [4.69, 9.17) is 9.84 Å². The van der Waals surface area contributed by atoms with Crippen molar-refractivity contribution >= 4 is 23.8 Å². The lowest BCUT2D eigenvalue weighted by Crippen LogP contribution is -2.33. The number of aliphatic carboxylic acids is 1. The van der Waals surface area contributed by atoms with Crippen molar-refractivity contribution in [3.8, 4) is 11.1 Å². The Bertz CT molecular complexity index is 1310. The standard InChI is InChI=1S/C26H24N4O5/c1-30-23(13-22(29-30)24(31)27-16-11-10-15(12-16)25(32)33)28-26(34)35-14-21-19-8-4-2-6-17(19)18-7-3-5-9-20(18)21/h2-10,13,16,21H,11-12,14H2,1H3,(H,27,31)(H,28,34)(H,32,33). The average molecular weight is 473 g/mol. The van der Waals surface area contributed by atoms with Gasteiger partial charge < -0.3 is 15.2 Å². The molecule has 5 rings (SSSR count). The van der Waals surface area contributed by atoms with Gasteiger partial charge in [0.05, 0.1) is 0 Å². The number of nitrogens with one attached hydrogen (secondary N) is 2. The maximum atomic E-state index is 12.6. The van der Waals surface area contributed by atoms with Crippen LogP contribution in [0.5, 0.6) is 0 Å². The number of hydrogen-bond acceptors (Lipinski definition) is 5. The first kappa shape index (κ1) is 22.4. The Balaban J connectivity index is 1.20. The van der Waals surface area contributed by atoms with E-state index in [-0.39, 0.29) is 36.3 Å². The maximum absolute atomic E-state index is 12.6. The molecular formula is C26H24N4O5. The van der Waals surface area contributed by atoms with Crippen molar-refractivity contribution in [1.29, 1.82) is 0 Å². The van der Waals surface area contributed by atoms with E-state index in [0.717, 1.165) is 22.3 Å². The second kappa shape index (κ2) is 9.09. The van der Waals surface area contributed by atoms with Gasteiger partial charge in [0.1, 0.15) is 12.4 Å². The molecule has 1 heterocycles. The van der Waals surface area contributed by atoms with Crippen LogP contribution in [0.2, 0.25) is 0 Å². The Labute approximate surface area is 201 Å². The average Bonchev–Trinajstić information content (AvgIpc) is 3.54. The highest BCUT2D eigenvalue weighted by Crippen LogP contribution is 2.44. The zero-order valence-electron chi connectivity index (χ0n) is 19.0. The lowest BCUT2D eigenvalue weighted by Gasteiger charge is -2.14. The SMILES string of the molecule is Cn1nc(C(=O)NC2CC=C(C(=O)O)C2)cc1NC(=O)OCC1c2ccccc2-c2ccccc21. The molecule has 9 heteroatoms. The van der Waals surface area contributed by atoms with Crippen LogP contribution < -0.4 is 10.6 Å². The van der Waals surface area contributed by atoms with E-state index in [1.165, 1.54) is 10.7 Å². The van der Waals surface area contributed by atoms with Crippen molar-refractivity contribution in [3.05, 3.63) is 83.1 Å². The fraction of sp³-hybridized carbons (Fsp3) is 0.231. The quantitative estimate of drug-likeness (QED) is 0.503. The molecule has 0 saturated carbocycles. The third-order valence-corrected chi connectivity index (χ3v) is 6.41. The molecule has 1 atom stereocenters. The van der Waals surface area contributed by atoms with Crippen molar-refractivity contribution in [2.24, 2.45) is 7.05 Å². The summed E-state index contributed by atoms with van der Waals surface area (Å²) >= 11 is 0. The number of ether oxygens (including phenoxy) is 1. The van der Waals surface area contributed by atoms with Gasteiger partial charge in [-0.2, -0.15) is 5.10 Å². The molecule has 0 radical (unpaired) electrons. The van der Waals surface area contributed by atoms with Crippen LogP contribution in [-0.4, -0.2) is 45.5 Å². The number of nitrogens with zero attached hydrogens (tertiary/aromatic N) is 2. The second-order valence-corrected chi connectivity index (χ2v) is 8.63. The van der Waals surface area contributed by atoms with E-state index in [1.807, 2.05) is 36.4 Å². The zero-order valence-corrected chi connectivity index (χ0v) is 19.0. The summed E-state index contributed by atoms with van der Waals surface area (Å²) in [6.45, 7) is 0.172. The van der Waals surface area contributed by atoms with Crippen LogP contribution in [0.1, 0.15) is 40.4 Å². The molecule has 2 aromatic carbocycles. The summed E-state index contributed by atoms with van der Waals surface area (Å²) in [6.07, 6.45) is 1.67. The molecule has 178 valence electrons. The van der Waals surface area contributed by atoms with Gasteiger partial charge >= 0.3 is 12.1 Å². The molecule has 35 heavy (non-hydrogen) atoms. The molecule has 9 nitrogen and oxygen atoms in total. The van der Waals surface area contributed by atoms with Gasteiger partial charge in [-0.05, 0) is 35.1 Å². The molecule has 1 unspecified atom stereocenters. The highest BCUT2D eigenvalue weighted by Gasteiger charge is 2.29. The zero-order chi connectivity index (χ0) is 24.5. The van der Waals surface area contributed by atoms with Crippen LogP contribution in [0, 0.1) is 0 Å². The highest BCUT2D eigenvalue weighted by molar-refractivity contribution is 5.95. The van der Waals surface area contributed by atoms with Gasteiger partial charge in [-0.25, -0.2) is 9.59 Å². The number of amides is 2. The van der Waals surface area contributed by atoms with Crippen molar-refractivity contribution in [2.45, 2.75) is 24.8 Å². The number of anilines is 1. The van der Waals surface area contributed by atoms with E-state index in [1.54, 1.807) is 13.1 Å². The van der Waals surface area contributed by atoms with Gasteiger partial charge in [-0.3, -0.25) is 14.8 Å². The number of benzene rings is 2. The number of carbonyl (C=O) groups is 3. The maximum Gasteiger partial charge on any atom is 0.412 e. The Kier molecular flexibility index (Phi) is 5.82. The minimum absolute atomic E-state index is 0.0586. The molecule has 0 aliphatic heterocycles. The summed E-state index contributed by atoms with van der Waals surface area (Å²) in [5, 5.41) is 18.6.